The SMILES string of the molecule is CC(O)CCCN1CC2CCCC2C1. The molecule has 2 nitrogen and oxygen atoms in total. The van der Waals surface area contributed by atoms with Gasteiger partial charge in [0.05, 0.1) is 6.10 Å². The maximum absolute atomic E-state index is 9.17. The first-order chi connectivity index (χ1) is 6.75. The summed E-state index contributed by atoms with van der Waals surface area (Å²) < 4.78 is 0. The molecule has 1 N–H and O–H groups in total. The highest BCUT2D eigenvalue weighted by molar-refractivity contribution is 4.88. The van der Waals surface area contributed by atoms with Crippen LogP contribution in [0.15, 0.2) is 0 Å². The number of nitrogens with zero attached hydrogens (tertiary/aromatic N) is 1. The highest BCUT2D eigenvalue weighted by Gasteiger charge is 2.35. The van der Waals surface area contributed by atoms with Crippen molar-refractivity contribution in [1.29, 1.82) is 0 Å². The second kappa shape index (κ2) is 4.63. The Bertz CT molecular complexity index is 169. The highest BCUT2D eigenvalue weighted by Crippen LogP contribution is 2.37. The lowest BCUT2D eigenvalue weighted by Crippen LogP contribution is -2.23. The molecule has 1 aliphatic carbocycles. The predicted molar refractivity (Wildman–Crippen MR) is 58.2 cm³/mol. The molecule has 0 spiro atoms. The summed E-state index contributed by atoms with van der Waals surface area (Å²) in [5.41, 5.74) is 0. The van der Waals surface area contributed by atoms with Crippen LogP contribution in [0.1, 0.15) is 39.0 Å². The summed E-state index contributed by atoms with van der Waals surface area (Å²) in [4.78, 5) is 2.61. The van der Waals surface area contributed by atoms with Gasteiger partial charge in [0.1, 0.15) is 0 Å². The van der Waals surface area contributed by atoms with Crippen LogP contribution >= 0.6 is 0 Å². The molecule has 82 valence electrons. The minimum absolute atomic E-state index is 0.114. The Kier molecular flexibility index (Phi) is 3.45. The van der Waals surface area contributed by atoms with E-state index in [0.717, 1.165) is 24.7 Å². The molecule has 14 heavy (non-hydrogen) atoms. The van der Waals surface area contributed by atoms with Gasteiger partial charge in [0, 0.05) is 13.1 Å². The van der Waals surface area contributed by atoms with Crippen molar-refractivity contribution in [3.63, 3.8) is 0 Å². The molecule has 1 saturated carbocycles. The van der Waals surface area contributed by atoms with Gasteiger partial charge >= 0.3 is 0 Å². The van der Waals surface area contributed by atoms with Gasteiger partial charge in [-0.05, 0) is 51.0 Å². The first-order valence-electron chi connectivity index (χ1n) is 6.16. The number of aliphatic hydroxyl groups excluding tert-OH is 1. The standard InChI is InChI=1S/C12H23NO/c1-10(14)4-3-7-13-8-11-5-2-6-12(11)9-13/h10-12,14H,2-9H2,1H3. The van der Waals surface area contributed by atoms with E-state index in [2.05, 4.69) is 4.90 Å². The molecule has 3 atom stereocenters. The molecule has 0 bridgehead atoms. The molecular formula is C12H23NO. The number of rotatable bonds is 4. The molecule has 2 fully saturated rings. The Labute approximate surface area is 87.3 Å². The van der Waals surface area contributed by atoms with Gasteiger partial charge in [-0.1, -0.05) is 6.42 Å². The minimum Gasteiger partial charge on any atom is -0.393 e. The predicted octanol–water partition coefficient (Wildman–Crippen LogP) is 1.88. The van der Waals surface area contributed by atoms with Gasteiger partial charge in [-0.2, -0.15) is 0 Å². The summed E-state index contributed by atoms with van der Waals surface area (Å²) in [5, 5.41) is 9.17. The van der Waals surface area contributed by atoms with E-state index in [0.29, 0.717) is 0 Å². The van der Waals surface area contributed by atoms with Crippen molar-refractivity contribution >= 4 is 0 Å². The van der Waals surface area contributed by atoms with Crippen LogP contribution in [-0.4, -0.2) is 35.7 Å². The van der Waals surface area contributed by atoms with Gasteiger partial charge in [-0.15, -0.1) is 0 Å². The van der Waals surface area contributed by atoms with Gasteiger partial charge in [-0.3, -0.25) is 0 Å². The first kappa shape index (κ1) is 10.4. The van der Waals surface area contributed by atoms with Crippen LogP contribution < -0.4 is 0 Å². The molecule has 1 saturated heterocycles. The van der Waals surface area contributed by atoms with E-state index in [4.69, 9.17) is 5.11 Å². The molecule has 2 rings (SSSR count). The van der Waals surface area contributed by atoms with Crippen molar-refractivity contribution in [2.75, 3.05) is 19.6 Å². The Morgan fingerprint density at radius 1 is 1.29 bits per heavy atom. The molecule has 0 radical (unpaired) electrons. The average molecular weight is 197 g/mol. The van der Waals surface area contributed by atoms with E-state index in [1.807, 2.05) is 6.92 Å². The van der Waals surface area contributed by atoms with Crippen molar-refractivity contribution in [1.82, 2.24) is 4.90 Å². The zero-order valence-electron chi connectivity index (χ0n) is 9.28. The molecule has 0 aromatic rings. The van der Waals surface area contributed by atoms with Crippen LogP contribution in [0.2, 0.25) is 0 Å². The van der Waals surface area contributed by atoms with Crippen molar-refractivity contribution < 1.29 is 5.11 Å². The third-order valence-electron chi connectivity index (χ3n) is 3.90. The second-order valence-electron chi connectivity index (χ2n) is 5.20. The fourth-order valence-electron chi connectivity index (χ4n) is 3.13. The van der Waals surface area contributed by atoms with Gasteiger partial charge in [0.2, 0.25) is 0 Å². The normalized spacial score (nSPS) is 34.7. The third-order valence-corrected chi connectivity index (χ3v) is 3.90. The van der Waals surface area contributed by atoms with Crippen LogP contribution in [0.5, 0.6) is 0 Å². The summed E-state index contributed by atoms with van der Waals surface area (Å²) in [6.45, 7) is 5.77. The Hall–Kier alpha value is -0.0800. The lowest BCUT2D eigenvalue weighted by Gasteiger charge is -2.16. The lowest BCUT2D eigenvalue weighted by atomic mass is 10.0. The van der Waals surface area contributed by atoms with Crippen molar-refractivity contribution in [3.8, 4) is 0 Å². The lowest BCUT2D eigenvalue weighted by molar-refractivity contribution is 0.173. The zero-order chi connectivity index (χ0) is 9.97. The van der Waals surface area contributed by atoms with Gasteiger partial charge in [0.15, 0.2) is 0 Å². The number of aliphatic hydroxyl groups is 1. The zero-order valence-corrected chi connectivity index (χ0v) is 9.28. The summed E-state index contributed by atoms with van der Waals surface area (Å²) in [6, 6.07) is 0. The molecule has 0 amide bonds. The fourth-order valence-corrected chi connectivity index (χ4v) is 3.13. The highest BCUT2D eigenvalue weighted by atomic mass is 16.3. The van der Waals surface area contributed by atoms with Crippen LogP contribution in [0.4, 0.5) is 0 Å². The van der Waals surface area contributed by atoms with E-state index < -0.39 is 0 Å². The Morgan fingerprint density at radius 3 is 2.50 bits per heavy atom. The third kappa shape index (κ3) is 2.48. The number of fused-ring (bicyclic) bond motifs is 1. The van der Waals surface area contributed by atoms with Gasteiger partial charge < -0.3 is 10.0 Å². The Morgan fingerprint density at radius 2 is 1.93 bits per heavy atom. The second-order valence-corrected chi connectivity index (χ2v) is 5.20. The summed E-state index contributed by atoms with van der Waals surface area (Å²) in [7, 11) is 0. The van der Waals surface area contributed by atoms with Crippen LogP contribution in [0.3, 0.4) is 0 Å². The van der Waals surface area contributed by atoms with Crippen molar-refractivity contribution in [2.24, 2.45) is 11.8 Å². The van der Waals surface area contributed by atoms with Crippen LogP contribution in [0.25, 0.3) is 0 Å². The van der Waals surface area contributed by atoms with Crippen LogP contribution in [-0.2, 0) is 0 Å². The van der Waals surface area contributed by atoms with E-state index in [9.17, 15) is 0 Å². The van der Waals surface area contributed by atoms with Gasteiger partial charge in [0.25, 0.3) is 0 Å². The average Bonchev–Trinajstić information content (AvgIpc) is 2.62. The summed E-state index contributed by atoms with van der Waals surface area (Å²) >= 11 is 0. The van der Waals surface area contributed by atoms with Crippen molar-refractivity contribution in [3.05, 3.63) is 0 Å². The van der Waals surface area contributed by atoms with Crippen LogP contribution in [0, 0.1) is 11.8 Å². The molecule has 1 aliphatic heterocycles. The van der Waals surface area contributed by atoms with Gasteiger partial charge in [-0.25, -0.2) is 0 Å². The summed E-state index contributed by atoms with van der Waals surface area (Å²) in [5.74, 6) is 2.03. The number of hydrogen-bond donors (Lipinski definition) is 1. The fraction of sp³-hybridized carbons (Fsp3) is 1.00. The summed E-state index contributed by atoms with van der Waals surface area (Å²) in [6.07, 6.45) is 6.42. The first-order valence-corrected chi connectivity index (χ1v) is 6.16. The molecule has 2 heteroatoms. The largest absolute Gasteiger partial charge is 0.393 e. The molecule has 2 aliphatic rings. The molecule has 1 heterocycles. The monoisotopic (exact) mass is 197 g/mol. The van der Waals surface area contributed by atoms with Crippen molar-refractivity contribution in [2.45, 2.75) is 45.1 Å². The molecular weight excluding hydrogens is 174 g/mol. The topological polar surface area (TPSA) is 23.5 Å². The number of likely N-dealkylation sites (tertiary alicyclic amines) is 1. The molecule has 3 unspecified atom stereocenters. The molecule has 0 aromatic heterocycles. The van der Waals surface area contributed by atoms with E-state index in [1.165, 1.54) is 38.9 Å². The van der Waals surface area contributed by atoms with E-state index >= 15 is 0 Å². The molecule has 0 aromatic carbocycles. The minimum atomic E-state index is -0.114. The smallest absolute Gasteiger partial charge is 0.0512 e. The quantitative estimate of drug-likeness (QED) is 0.744. The number of hydrogen-bond acceptors (Lipinski definition) is 2. The van der Waals surface area contributed by atoms with E-state index in [-0.39, 0.29) is 6.10 Å². The van der Waals surface area contributed by atoms with E-state index in [1.54, 1.807) is 0 Å². The maximum atomic E-state index is 9.17. The maximum Gasteiger partial charge on any atom is 0.0512 e. The Balaban J connectivity index is 1.64.